The molecule has 0 aliphatic heterocycles. The Morgan fingerprint density at radius 2 is 1.81 bits per heavy atom. The van der Waals surface area contributed by atoms with Crippen LogP contribution in [0.5, 0.6) is 11.5 Å². The van der Waals surface area contributed by atoms with Crippen molar-refractivity contribution in [2.45, 2.75) is 4.90 Å². The number of nitro groups is 1. The molecule has 108 valence electrons. The first kappa shape index (κ1) is 14.9. The van der Waals surface area contributed by atoms with Gasteiger partial charge in [-0.3, -0.25) is 10.1 Å². The highest BCUT2D eigenvalue weighted by molar-refractivity contribution is 7.98. The van der Waals surface area contributed by atoms with Crippen molar-refractivity contribution in [3.8, 4) is 11.5 Å². The first-order valence-corrected chi connectivity index (χ1v) is 7.07. The minimum Gasteiger partial charge on any atom is -0.477 e. The van der Waals surface area contributed by atoms with E-state index < -0.39 is 22.1 Å². The maximum atomic E-state index is 11.1. The van der Waals surface area contributed by atoms with Crippen LogP contribution in [0.2, 0.25) is 0 Å². The van der Waals surface area contributed by atoms with Crippen LogP contribution in [-0.4, -0.2) is 22.3 Å². The molecular formula is C14H11NO5S. The summed E-state index contributed by atoms with van der Waals surface area (Å²) in [6, 6.07) is 10.8. The molecular weight excluding hydrogens is 294 g/mol. The molecule has 0 fully saturated rings. The number of nitro benzene ring substituents is 1. The third-order valence-corrected chi connectivity index (χ3v) is 3.43. The highest BCUT2D eigenvalue weighted by Crippen LogP contribution is 2.28. The smallest absolute Gasteiger partial charge is 0.342 e. The van der Waals surface area contributed by atoms with Gasteiger partial charge in [-0.05, 0) is 36.6 Å². The molecule has 1 N–H and O–H groups in total. The van der Waals surface area contributed by atoms with Gasteiger partial charge >= 0.3 is 5.97 Å². The molecule has 2 aromatic rings. The first-order valence-electron chi connectivity index (χ1n) is 5.85. The Hall–Kier alpha value is -2.54. The van der Waals surface area contributed by atoms with Gasteiger partial charge in [-0.2, -0.15) is 0 Å². The van der Waals surface area contributed by atoms with Gasteiger partial charge in [0.2, 0.25) is 0 Å². The molecule has 0 amide bonds. The van der Waals surface area contributed by atoms with Crippen molar-refractivity contribution in [3.63, 3.8) is 0 Å². The number of hydrogen-bond donors (Lipinski definition) is 1. The second-order valence-corrected chi connectivity index (χ2v) is 4.90. The van der Waals surface area contributed by atoms with Crippen molar-refractivity contribution in [1.29, 1.82) is 0 Å². The Kier molecular flexibility index (Phi) is 4.44. The fourth-order valence-corrected chi connectivity index (χ4v) is 2.10. The van der Waals surface area contributed by atoms with E-state index in [1.54, 1.807) is 23.9 Å². The molecule has 2 rings (SSSR count). The number of nitrogens with zero attached hydrogens (tertiary/aromatic N) is 1. The zero-order valence-electron chi connectivity index (χ0n) is 11.0. The molecule has 0 saturated carbocycles. The van der Waals surface area contributed by atoms with Crippen LogP contribution in [0.4, 0.5) is 5.69 Å². The zero-order chi connectivity index (χ0) is 15.4. The maximum absolute atomic E-state index is 11.1. The van der Waals surface area contributed by atoms with E-state index in [1.165, 1.54) is 6.07 Å². The normalized spacial score (nSPS) is 10.1. The molecule has 0 aromatic heterocycles. The minimum atomic E-state index is -1.37. The third-order valence-electron chi connectivity index (χ3n) is 2.69. The lowest BCUT2D eigenvalue weighted by atomic mass is 10.1. The summed E-state index contributed by atoms with van der Waals surface area (Å²) in [5.74, 6) is -0.613. The molecule has 0 aliphatic rings. The average molecular weight is 305 g/mol. The van der Waals surface area contributed by atoms with Crippen LogP contribution < -0.4 is 4.74 Å². The number of carbonyl (C=O) groups is 1. The van der Waals surface area contributed by atoms with Crippen LogP contribution in [0.15, 0.2) is 47.4 Å². The number of carboxylic acid groups (broad SMARTS) is 1. The SMILES string of the molecule is CSc1ccc(Oc2ccc([N+](=O)[O-])c(C(=O)O)c2)cc1. The summed E-state index contributed by atoms with van der Waals surface area (Å²) in [5, 5.41) is 19.8. The third kappa shape index (κ3) is 3.51. The number of benzene rings is 2. The summed E-state index contributed by atoms with van der Waals surface area (Å²) in [6.45, 7) is 0. The lowest BCUT2D eigenvalue weighted by molar-refractivity contribution is -0.385. The number of carboxylic acids is 1. The van der Waals surface area contributed by atoms with Crippen LogP contribution in [0.3, 0.4) is 0 Å². The van der Waals surface area contributed by atoms with Crippen molar-refractivity contribution >= 4 is 23.4 Å². The summed E-state index contributed by atoms with van der Waals surface area (Å²) in [5.41, 5.74) is -0.870. The summed E-state index contributed by atoms with van der Waals surface area (Å²) in [7, 11) is 0. The molecule has 0 aliphatic carbocycles. The summed E-state index contributed by atoms with van der Waals surface area (Å²) < 4.78 is 5.51. The Balaban J connectivity index is 2.29. The molecule has 0 unspecified atom stereocenters. The fraction of sp³-hybridized carbons (Fsp3) is 0.0714. The molecule has 0 atom stereocenters. The maximum Gasteiger partial charge on any atom is 0.342 e. The minimum absolute atomic E-state index is 0.231. The molecule has 0 spiro atoms. The fourth-order valence-electron chi connectivity index (χ4n) is 1.69. The molecule has 0 bridgehead atoms. The van der Waals surface area contributed by atoms with Crippen LogP contribution in [0.25, 0.3) is 0 Å². The topological polar surface area (TPSA) is 89.7 Å². The van der Waals surface area contributed by atoms with E-state index in [0.29, 0.717) is 5.75 Å². The Morgan fingerprint density at radius 1 is 1.19 bits per heavy atom. The molecule has 0 heterocycles. The quantitative estimate of drug-likeness (QED) is 0.513. The van der Waals surface area contributed by atoms with E-state index in [4.69, 9.17) is 9.84 Å². The van der Waals surface area contributed by atoms with Crippen molar-refractivity contribution in [1.82, 2.24) is 0 Å². The lowest BCUT2D eigenvalue weighted by Crippen LogP contribution is -2.02. The number of aromatic carboxylic acids is 1. The lowest BCUT2D eigenvalue weighted by Gasteiger charge is -2.07. The summed E-state index contributed by atoms with van der Waals surface area (Å²) in [6.07, 6.45) is 1.95. The van der Waals surface area contributed by atoms with E-state index in [9.17, 15) is 14.9 Å². The Labute approximate surface area is 124 Å². The Morgan fingerprint density at radius 3 is 2.33 bits per heavy atom. The standard InChI is InChI=1S/C14H11NO5S/c1-21-11-5-2-9(3-6-11)20-10-4-7-13(15(18)19)12(8-10)14(16)17/h2-8H,1H3,(H,16,17). The monoisotopic (exact) mass is 305 g/mol. The second kappa shape index (κ2) is 6.27. The van der Waals surface area contributed by atoms with Gasteiger partial charge in [0.25, 0.3) is 5.69 Å². The molecule has 0 saturated heterocycles. The van der Waals surface area contributed by atoms with Crippen LogP contribution >= 0.6 is 11.8 Å². The van der Waals surface area contributed by atoms with E-state index in [0.717, 1.165) is 17.0 Å². The van der Waals surface area contributed by atoms with Crippen molar-refractivity contribution in [2.75, 3.05) is 6.26 Å². The highest BCUT2D eigenvalue weighted by Gasteiger charge is 2.20. The van der Waals surface area contributed by atoms with Gasteiger partial charge in [-0.15, -0.1) is 11.8 Å². The summed E-state index contributed by atoms with van der Waals surface area (Å²) >= 11 is 1.59. The Bertz CT molecular complexity index is 684. The average Bonchev–Trinajstić information content (AvgIpc) is 2.47. The van der Waals surface area contributed by atoms with Crippen molar-refractivity contribution in [2.24, 2.45) is 0 Å². The molecule has 6 nitrogen and oxygen atoms in total. The molecule has 21 heavy (non-hydrogen) atoms. The van der Waals surface area contributed by atoms with Gasteiger partial charge in [0.15, 0.2) is 0 Å². The van der Waals surface area contributed by atoms with Crippen LogP contribution in [-0.2, 0) is 0 Å². The van der Waals surface area contributed by atoms with Crippen LogP contribution in [0, 0.1) is 10.1 Å². The van der Waals surface area contributed by atoms with E-state index in [1.807, 2.05) is 18.4 Å². The number of hydrogen-bond acceptors (Lipinski definition) is 5. The van der Waals surface area contributed by atoms with Gasteiger partial charge < -0.3 is 9.84 Å². The zero-order valence-corrected chi connectivity index (χ0v) is 11.8. The first-order chi connectivity index (χ1) is 10.0. The molecule has 0 radical (unpaired) electrons. The highest BCUT2D eigenvalue weighted by atomic mass is 32.2. The number of ether oxygens (including phenoxy) is 1. The second-order valence-electron chi connectivity index (χ2n) is 4.02. The van der Waals surface area contributed by atoms with Gasteiger partial charge in [-0.25, -0.2) is 4.79 Å². The van der Waals surface area contributed by atoms with Gasteiger partial charge in [0.1, 0.15) is 17.1 Å². The van der Waals surface area contributed by atoms with E-state index >= 15 is 0 Å². The predicted octanol–water partition coefficient (Wildman–Crippen LogP) is 3.81. The van der Waals surface area contributed by atoms with E-state index in [2.05, 4.69) is 0 Å². The van der Waals surface area contributed by atoms with Gasteiger partial charge in [0, 0.05) is 17.0 Å². The molecule has 2 aromatic carbocycles. The van der Waals surface area contributed by atoms with Gasteiger partial charge in [-0.1, -0.05) is 0 Å². The van der Waals surface area contributed by atoms with Crippen molar-refractivity contribution < 1.29 is 19.6 Å². The number of thioether (sulfide) groups is 1. The largest absolute Gasteiger partial charge is 0.477 e. The van der Waals surface area contributed by atoms with Crippen molar-refractivity contribution in [3.05, 3.63) is 58.1 Å². The molecule has 7 heteroatoms. The summed E-state index contributed by atoms with van der Waals surface area (Å²) in [4.78, 5) is 22.1. The van der Waals surface area contributed by atoms with E-state index in [-0.39, 0.29) is 5.75 Å². The number of rotatable bonds is 5. The van der Waals surface area contributed by atoms with Gasteiger partial charge in [0.05, 0.1) is 4.92 Å². The van der Waals surface area contributed by atoms with Crippen LogP contribution in [0.1, 0.15) is 10.4 Å². The predicted molar refractivity (Wildman–Crippen MR) is 78.4 cm³/mol.